The highest BCUT2D eigenvalue weighted by Crippen LogP contribution is 2.31. The van der Waals surface area contributed by atoms with Crippen LogP contribution >= 0.6 is 23.7 Å². The van der Waals surface area contributed by atoms with Crippen LogP contribution in [0.2, 0.25) is 0 Å². The second kappa shape index (κ2) is 7.24. The van der Waals surface area contributed by atoms with E-state index in [4.69, 9.17) is 10.5 Å². The van der Waals surface area contributed by atoms with Gasteiger partial charge in [0.1, 0.15) is 0 Å². The van der Waals surface area contributed by atoms with E-state index >= 15 is 0 Å². The minimum Gasteiger partial charge on any atom is -0.381 e. The Morgan fingerprint density at radius 1 is 1.53 bits per heavy atom. The van der Waals surface area contributed by atoms with Crippen LogP contribution in [0.15, 0.2) is 17.5 Å². The minimum atomic E-state index is -0.412. The Bertz CT molecular complexity index is 391. The SMILES string of the molecule is CN(Cc1cccs1)C(=O)C1(CN)CCOCC1.Cl. The van der Waals surface area contributed by atoms with Gasteiger partial charge >= 0.3 is 0 Å². The van der Waals surface area contributed by atoms with Crippen molar-refractivity contribution in [1.29, 1.82) is 0 Å². The fourth-order valence-corrected chi connectivity index (χ4v) is 3.14. The number of rotatable bonds is 4. The average molecular weight is 305 g/mol. The van der Waals surface area contributed by atoms with Gasteiger partial charge in [-0.05, 0) is 24.3 Å². The van der Waals surface area contributed by atoms with Gasteiger partial charge < -0.3 is 15.4 Å². The fourth-order valence-electron chi connectivity index (χ4n) is 2.38. The van der Waals surface area contributed by atoms with Crippen molar-refractivity contribution in [3.63, 3.8) is 0 Å². The summed E-state index contributed by atoms with van der Waals surface area (Å²) in [5, 5.41) is 2.03. The number of carbonyl (C=O) groups excluding carboxylic acids is 1. The summed E-state index contributed by atoms with van der Waals surface area (Å²) in [6.07, 6.45) is 1.47. The largest absolute Gasteiger partial charge is 0.381 e. The molecule has 108 valence electrons. The van der Waals surface area contributed by atoms with E-state index in [1.54, 1.807) is 16.2 Å². The molecule has 0 spiro atoms. The third kappa shape index (κ3) is 3.69. The molecule has 1 fully saturated rings. The molecule has 2 heterocycles. The first-order valence-electron chi connectivity index (χ1n) is 6.24. The topological polar surface area (TPSA) is 55.6 Å². The third-order valence-corrected chi connectivity index (χ3v) is 4.48. The molecule has 1 aromatic heterocycles. The summed E-state index contributed by atoms with van der Waals surface area (Å²) in [6.45, 7) is 2.34. The van der Waals surface area contributed by atoms with Crippen molar-refractivity contribution in [1.82, 2.24) is 4.90 Å². The van der Waals surface area contributed by atoms with E-state index < -0.39 is 5.41 Å². The molecule has 0 saturated carbocycles. The molecule has 1 saturated heterocycles. The number of nitrogens with two attached hydrogens (primary N) is 1. The highest BCUT2D eigenvalue weighted by molar-refractivity contribution is 7.09. The third-order valence-electron chi connectivity index (χ3n) is 3.61. The smallest absolute Gasteiger partial charge is 0.230 e. The van der Waals surface area contributed by atoms with Gasteiger partial charge in [0.25, 0.3) is 0 Å². The summed E-state index contributed by atoms with van der Waals surface area (Å²) in [6, 6.07) is 4.05. The predicted molar refractivity (Wildman–Crippen MR) is 79.6 cm³/mol. The minimum absolute atomic E-state index is 0. The Balaban J connectivity index is 0.00000180. The maximum absolute atomic E-state index is 12.6. The van der Waals surface area contributed by atoms with Crippen molar-refractivity contribution < 1.29 is 9.53 Å². The fraction of sp³-hybridized carbons (Fsp3) is 0.615. The molecule has 0 aromatic carbocycles. The van der Waals surface area contributed by atoms with E-state index in [2.05, 4.69) is 0 Å². The van der Waals surface area contributed by atoms with Gasteiger partial charge in [-0.25, -0.2) is 0 Å². The van der Waals surface area contributed by atoms with Crippen LogP contribution in [-0.2, 0) is 16.1 Å². The number of halogens is 1. The maximum atomic E-state index is 12.6. The van der Waals surface area contributed by atoms with E-state index in [1.165, 1.54) is 4.88 Å². The van der Waals surface area contributed by atoms with Crippen molar-refractivity contribution in [2.75, 3.05) is 26.8 Å². The van der Waals surface area contributed by atoms with Gasteiger partial charge in [0.2, 0.25) is 5.91 Å². The Kier molecular flexibility index (Phi) is 6.26. The number of hydrogen-bond acceptors (Lipinski definition) is 4. The first-order chi connectivity index (χ1) is 8.68. The summed E-state index contributed by atoms with van der Waals surface area (Å²) in [7, 11) is 1.86. The summed E-state index contributed by atoms with van der Waals surface area (Å²) in [5.41, 5.74) is 5.44. The van der Waals surface area contributed by atoms with Crippen molar-refractivity contribution >= 4 is 29.7 Å². The van der Waals surface area contributed by atoms with Gasteiger partial charge in [0.05, 0.1) is 12.0 Å². The molecule has 2 rings (SSSR count). The number of carbonyl (C=O) groups is 1. The standard InChI is InChI=1S/C13H20N2O2S.ClH/c1-15(9-11-3-2-8-18-11)12(16)13(10-14)4-6-17-7-5-13;/h2-3,8H,4-7,9-10,14H2,1H3;1H. The van der Waals surface area contributed by atoms with Gasteiger partial charge in [0, 0.05) is 31.7 Å². The highest BCUT2D eigenvalue weighted by Gasteiger charge is 2.40. The maximum Gasteiger partial charge on any atom is 0.230 e. The lowest BCUT2D eigenvalue weighted by Crippen LogP contribution is -2.49. The molecule has 1 aliphatic rings. The first-order valence-corrected chi connectivity index (χ1v) is 7.12. The van der Waals surface area contributed by atoms with Crippen molar-refractivity contribution in [3.05, 3.63) is 22.4 Å². The van der Waals surface area contributed by atoms with Crippen LogP contribution in [0.1, 0.15) is 17.7 Å². The van der Waals surface area contributed by atoms with E-state index in [0.29, 0.717) is 26.3 Å². The lowest BCUT2D eigenvalue weighted by Gasteiger charge is -2.37. The van der Waals surface area contributed by atoms with Crippen molar-refractivity contribution in [2.45, 2.75) is 19.4 Å². The molecule has 0 bridgehead atoms. The van der Waals surface area contributed by atoms with Crippen LogP contribution in [0.3, 0.4) is 0 Å². The van der Waals surface area contributed by atoms with Gasteiger partial charge in [-0.3, -0.25) is 4.79 Å². The van der Waals surface area contributed by atoms with Crippen molar-refractivity contribution in [3.8, 4) is 0 Å². The molecule has 1 aliphatic heterocycles. The lowest BCUT2D eigenvalue weighted by molar-refractivity contribution is -0.146. The molecule has 4 nitrogen and oxygen atoms in total. The van der Waals surface area contributed by atoms with Gasteiger partial charge in [-0.1, -0.05) is 6.07 Å². The molecular formula is C13H21ClN2O2S. The first kappa shape index (κ1) is 16.4. The van der Waals surface area contributed by atoms with Crippen LogP contribution in [0.5, 0.6) is 0 Å². The molecule has 0 radical (unpaired) electrons. The molecule has 1 aromatic rings. The Morgan fingerprint density at radius 2 is 2.21 bits per heavy atom. The summed E-state index contributed by atoms with van der Waals surface area (Å²) < 4.78 is 5.34. The zero-order chi connectivity index (χ0) is 13.0. The van der Waals surface area contributed by atoms with Crippen LogP contribution in [0.4, 0.5) is 0 Å². The summed E-state index contributed by atoms with van der Waals surface area (Å²) in [4.78, 5) is 15.6. The summed E-state index contributed by atoms with van der Waals surface area (Å²) in [5.74, 6) is 0.154. The molecule has 2 N–H and O–H groups in total. The van der Waals surface area contributed by atoms with Gasteiger partial charge in [0.15, 0.2) is 0 Å². The average Bonchev–Trinajstić information content (AvgIpc) is 2.91. The number of amides is 1. The van der Waals surface area contributed by atoms with Gasteiger partial charge in [-0.2, -0.15) is 0 Å². The van der Waals surface area contributed by atoms with Crippen LogP contribution < -0.4 is 5.73 Å². The Morgan fingerprint density at radius 3 is 2.74 bits per heavy atom. The lowest BCUT2D eigenvalue weighted by atomic mass is 9.79. The second-order valence-corrected chi connectivity index (χ2v) is 5.87. The van der Waals surface area contributed by atoms with E-state index in [1.807, 2.05) is 24.6 Å². The van der Waals surface area contributed by atoms with Crippen LogP contribution in [0, 0.1) is 5.41 Å². The van der Waals surface area contributed by atoms with Crippen molar-refractivity contribution in [2.24, 2.45) is 11.1 Å². The molecule has 0 unspecified atom stereocenters. The highest BCUT2D eigenvalue weighted by atomic mass is 35.5. The number of nitrogens with zero attached hydrogens (tertiary/aromatic N) is 1. The van der Waals surface area contributed by atoms with Crippen LogP contribution in [0.25, 0.3) is 0 Å². The second-order valence-electron chi connectivity index (χ2n) is 4.84. The quantitative estimate of drug-likeness (QED) is 0.924. The van der Waals surface area contributed by atoms with Crippen LogP contribution in [-0.4, -0.2) is 37.6 Å². The zero-order valence-electron chi connectivity index (χ0n) is 11.1. The Hall–Kier alpha value is -0.620. The van der Waals surface area contributed by atoms with E-state index in [9.17, 15) is 4.79 Å². The molecule has 0 aliphatic carbocycles. The Labute approximate surface area is 124 Å². The van der Waals surface area contributed by atoms with Gasteiger partial charge in [-0.15, -0.1) is 23.7 Å². The number of thiophene rings is 1. The van der Waals surface area contributed by atoms with E-state index in [-0.39, 0.29) is 18.3 Å². The zero-order valence-corrected chi connectivity index (χ0v) is 12.8. The normalized spacial score (nSPS) is 17.6. The molecule has 6 heteroatoms. The monoisotopic (exact) mass is 304 g/mol. The van der Waals surface area contributed by atoms with E-state index in [0.717, 1.165) is 12.8 Å². The predicted octanol–water partition coefficient (Wildman–Crippen LogP) is 1.88. The number of hydrogen-bond donors (Lipinski definition) is 1. The molecule has 0 atom stereocenters. The molecule has 19 heavy (non-hydrogen) atoms. The number of ether oxygens (including phenoxy) is 1. The summed E-state index contributed by atoms with van der Waals surface area (Å²) >= 11 is 1.67. The molecular weight excluding hydrogens is 284 g/mol. The molecule has 1 amide bonds.